The molecule has 0 aliphatic carbocycles. The molecule has 0 saturated carbocycles. The van der Waals surface area contributed by atoms with Crippen LogP contribution in [-0.2, 0) is 14.8 Å². The molecule has 118 valence electrons. The lowest BCUT2D eigenvalue weighted by Gasteiger charge is -2.24. The fraction of sp³-hybridized carbons (Fsp3) is 0.600. The Labute approximate surface area is 127 Å². The molecule has 1 saturated heterocycles. The van der Waals surface area contributed by atoms with E-state index in [-0.39, 0.29) is 11.0 Å². The number of aryl methyl sites for hydroxylation is 2. The third-order valence-electron chi connectivity index (χ3n) is 4.03. The molecule has 1 unspecified atom stereocenters. The zero-order chi connectivity index (χ0) is 15.6. The van der Waals surface area contributed by atoms with Crippen LogP contribution in [0.25, 0.3) is 0 Å². The second kappa shape index (κ2) is 6.34. The van der Waals surface area contributed by atoms with E-state index in [1.807, 2.05) is 20.8 Å². The van der Waals surface area contributed by atoms with Crippen LogP contribution < -0.4 is 5.73 Å². The van der Waals surface area contributed by atoms with Crippen molar-refractivity contribution in [3.8, 4) is 0 Å². The van der Waals surface area contributed by atoms with Crippen LogP contribution in [0, 0.1) is 13.8 Å². The average Bonchev–Trinajstić information content (AvgIpc) is 2.92. The summed E-state index contributed by atoms with van der Waals surface area (Å²) in [5.41, 5.74) is 8.17. The van der Waals surface area contributed by atoms with Crippen molar-refractivity contribution in [2.24, 2.45) is 0 Å². The van der Waals surface area contributed by atoms with Crippen molar-refractivity contribution in [3.05, 3.63) is 23.3 Å². The Hall–Kier alpha value is -1.11. The Bertz CT molecular complexity index is 608. The minimum absolute atomic E-state index is 0.00695. The molecule has 0 spiro atoms. The summed E-state index contributed by atoms with van der Waals surface area (Å²) in [5, 5.41) is 0. The number of likely N-dealkylation sites (N-methyl/N-ethyl adjacent to an activating group) is 1. The highest BCUT2D eigenvalue weighted by molar-refractivity contribution is 7.89. The number of rotatable bonds is 5. The van der Waals surface area contributed by atoms with E-state index in [4.69, 9.17) is 10.5 Å². The van der Waals surface area contributed by atoms with Gasteiger partial charge < -0.3 is 10.5 Å². The molecule has 1 aliphatic heterocycles. The van der Waals surface area contributed by atoms with E-state index in [1.54, 1.807) is 12.1 Å². The molecule has 2 rings (SSSR count). The Morgan fingerprint density at radius 3 is 2.57 bits per heavy atom. The first-order valence-electron chi connectivity index (χ1n) is 7.34. The lowest BCUT2D eigenvalue weighted by molar-refractivity contribution is 0.0947. The van der Waals surface area contributed by atoms with Gasteiger partial charge >= 0.3 is 0 Å². The molecular formula is C15H24N2O3S. The van der Waals surface area contributed by atoms with Crippen molar-refractivity contribution < 1.29 is 13.2 Å². The number of anilines is 1. The number of nitrogens with two attached hydrogens (primary N) is 1. The molecule has 2 N–H and O–H groups in total. The molecule has 1 aliphatic rings. The third-order valence-corrected chi connectivity index (χ3v) is 6.02. The molecule has 1 fully saturated rings. The summed E-state index contributed by atoms with van der Waals surface area (Å²) in [6, 6.07) is 3.39. The Morgan fingerprint density at radius 2 is 2.00 bits per heavy atom. The summed E-state index contributed by atoms with van der Waals surface area (Å²) in [7, 11) is -3.58. The van der Waals surface area contributed by atoms with Gasteiger partial charge in [-0.05, 0) is 49.9 Å². The number of hydrogen-bond acceptors (Lipinski definition) is 4. The summed E-state index contributed by atoms with van der Waals surface area (Å²) >= 11 is 0. The molecule has 0 radical (unpaired) electrons. The van der Waals surface area contributed by atoms with Crippen LogP contribution in [0.3, 0.4) is 0 Å². The van der Waals surface area contributed by atoms with Crippen molar-refractivity contribution in [2.45, 2.75) is 44.6 Å². The molecule has 0 amide bonds. The van der Waals surface area contributed by atoms with Gasteiger partial charge in [0.15, 0.2) is 0 Å². The van der Waals surface area contributed by atoms with Crippen molar-refractivity contribution in [1.29, 1.82) is 0 Å². The minimum Gasteiger partial charge on any atom is -0.398 e. The average molecular weight is 312 g/mol. The second-order valence-electron chi connectivity index (χ2n) is 5.56. The molecule has 0 aromatic heterocycles. The SMILES string of the molecule is CCN(CC1CCCO1)S(=O)(=O)c1cc(C)c(C)cc1N. The van der Waals surface area contributed by atoms with Gasteiger partial charge in [0.05, 0.1) is 11.8 Å². The monoisotopic (exact) mass is 312 g/mol. The predicted octanol–water partition coefficient (Wildman–Crippen LogP) is 2.08. The van der Waals surface area contributed by atoms with Gasteiger partial charge in [-0.1, -0.05) is 6.92 Å². The summed E-state index contributed by atoms with van der Waals surface area (Å²) in [4.78, 5) is 0.199. The van der Waals surface area contributed by atoms with Crippen LogP contribution in [0.4, 0.5) is 5.69 Å². The number of hydrogen-bond donors (Lipinski definition) is 1. The largest absolute Gasteiger partial charge is 0.398 e. The molecule has 1 atom stereocenters. The summed E-state index contributed by atoms with van der Waals surface area (Å²) in [6.07, 6.45) is 1.90. The van der Waals surface area contributed by atoms with Gasteiger partial charge in [0.25, 0.3) is 0 Å². The number of nitrogens with zero attached hydrogens (tertiary/aromatic N) is 1. The highest BCUT2D eigenvalue weighted by Crippen LogP contribution is 2.27. The Morgan fingerprint density at radius 1 is 1.33 bits per heavy atom. The molecule has 5 nitrogen and oxygen atoms in total. The van der Waals surface area contributed by atoms with Crippen LogP contribution in [0.2, 0.25) is 0 Å². The Kier molecular flexibility index (Phi) is 4.91. The molecule has 1 heterocycles. The zero-order valence-electron chi connectivity index (χ0n) is 12.9. The van der Waals surface area contributed by atoms with Crippen molar-refractivity contribution in [3.63, 3.8) is 0 Å². The summed E-state index contributed by atoms with van der Waals surface area (Å²) in [5.74, 6) is 0. The minimum atomic E-state index is -3.58. The maximum Gasteiger partial charge on any atom is 0.245 e. The molecule has 21 heavy (non-hydrogen) atoms. The highest BCUT2D eigenvalue weighted by Gasteiger charge is 2.29. The predicted molar refractivity (Wildman–Crippen MR) is 83.7 cm³/mol. The molecular weight excluding hydrogens is 288 g/mol. The second-order valence-corrected chi connectivity index (χ2v) is 7.47. The van der Waals surface area contributed by atoms with E-state index in [1.165, 1.54) is 4.31 Å². The van der Waals surface area contributed by atoms with E-state index in [0.29, 0.717) is 25.4 Å². The summed E-state index contributed by atoms with van der Waals surface area (Å²) < 4.78 is 32.7. The number of benzene rings is 1. The van der Waals surface area contributed by atoms with Crippen LogP contribution in [-0.4, -0.2) is 38.5 Å². The highest BCUT2D eigenvalue weighted by atomic mass is 32.2. The number of sulfonamides is 1. The van der Waals surface area contributed by atoms with Gasteiger partial charge in [-0.15, -0.1) is 0 Å². The maximum absolute atomic E-state index is 12.8. The van der Waals surface area contributed by atoms with Crippen LogP contribution in [0.15, 0.2) is 17.0 Å². The van der Waals surface area contributed by atoms with Crippen molar-refractivity contribution in [1.82, 2.24) is 4.31 Å². The molecule has 0 bridgehead atoms. The van der Waals surface area contributed by atoms with E-state index in [2.05, 4.69) is 0 Å². The fourth-order valence-corrected chi connectivity index (χ4v) is 4.25. The Balaban J connectivity index is 2.32. The van der Waals surface area contributed by atoms with Gasteiger partial charge in [-0.3, -0.25) is 0 Å². The molecule has 1 aromatic rings. The fourth-order valence-electron chi connectivity index (χ4n) is 2.59. The first kappa shape index (κ1) is 16.3. The van der Waals surface area contributed by atoms with Gasteiger partial charge in [0.2, 0.25) is 10.0 Å². The van der Waals surface area contributed by atoms with Crippen LogP contribution >= 0.6 is 0 Å². The third kappa shape index (κ3) is 3.39. The van der Waals surface area contributed by atoms with Crippen LogP contribution in [0.5, 0.6) is 0 Å². The topological polar surface area (TPSA) is 72.6 Å². The van der Waals surface area contributed by atoms with Gasteiger partial charge in [-0.25, -0.2) is 8.42 Å². The zero-order valence-corrected chi connectivity index (χ0v) is 13.7. The van der Waals surface area contributed by atoms with E-state index >= 15 is 0 Å². The quantitative estimate of drug-likeness (QED) is 0.845. The maximum atomic E-state index is 12.8. The van der Waals surface area contributed by atoms with Crippen molar-refractivity contribution >= 4 is 15.7 Å². The van der Waals surface area contributed by atoms with E-state index < -0.39 is 10.0 Å². The lowest BCUT2D eigenvalue weighted by Crippen LogP contribution is -2.37. The lowest BCUT2D eigenvalue weighted by atomic mass is 10.1. The number of ether oxygens (including phenoxy) is 1. The van der Waals surface area contributed by atoms with Gasteiger partial charge in [-0.2, -0.15) is 4.31 Å². The summed E-state index contributed by atoms with van der Waals surface area (Å²) in [6.45, 7) is 7.17. The standard InChI is InChI=1S/C15H24N2O3S/c1-4-17(10-13-6-5-7-20-13)21(18,19)15-9-12(3)11(2)8-14(15)16/h8-9,13H,4-7,10,16H2,1-3H3. The van der Waals surface area contributed by atoms with E-state index in [0.717, 1.165) is 24.0 Å². The van der Waals surface area contributed by atoms with Crippen LogP contribution in [0.1, 0.15) is 30.9 Å². The van der Waals surface area contributed by atoms with E-state index in [9.17, 15) is 8.42 Å². The smallest absolute Gasteiger partial charge is 0.245 e. The first-order valence-corrected chi connectivity index (χ1v) is 8.78. The first-order chi connectivity index (χ1) is 9.86. The normalized spacial score (nSPS) is 19.3. The van der Waals surface area contributed by atoms with Crippen molar-refractivity contribution in [2.75, 3.05) is 25.4 Å². The molecule has 1 aromatic carbocycles. The number of nitrogen functional groups attached to an aromatic ring is 1. The van der Waals surface area contributed by atoms with Gasteiger partial charge in [0.1, 0.15) is 4.90 Å². The van der Waals surface area contributed by atoms with Gasteiger partial charge in [0, 0.05) is 19.7 Å². The molecule has 6 heteroatoms.